The fourth-order valence-corrected chi connectivity index (χ4v) is 2.67. The summed E-state index contributed by atoms with van der Waals surface area (Å²) >= 11 is 0. The number of likely N-dealkylation sites (tertiary alicyclic amines) is 1. The lowest BCUT2D eigenvalue weighted by molar-refractivity contribution is 0.0224. The van der Waals surface area contributed by atoms with Gasteiger partial charge in [-0.3, -0.25) is 0 Å². The van der Waals surface area contributed by atoms with Crippen molar-refractivity contribution in [3.05, 3.63) is 35.4 Å². The Morgan fingerprint density at radius 3 is 2.71 bits per heavy atom. The third-order valence-electron chi connectivity index (χ3n) is 3.46. The summed E-state index contributed by atoms with van der Waals surface area (Å²) in [5.41, 5.74) is 1.66. The Bertz CT molecular complexity index is 575. The highest BCUT2D eigenvalue weighted by molar-refractivity contribution is 5.69. The summed E-state index contributed by atoms with van der Waals surface area (Å²) in [7, 11) is 0. The molecule has 1 aromatic rings. The first kappa shape index (κ1) is 15.4. The molecule has 112 valence electrons. The van der Waals surface area contributed by atoms with Crippen LogP contribution < -0.4 is 0 Å². The van der Waals surface area contributed by atoms with Crippen LogP contribution in [0.15, 0.2) is 24.3 Å². The number of carbonyl (C=O) groups excluding carboxylic acids is 1. The van der Waals surface area contributed by atoms with Crippen molar-refractivity contribution in [2.45, 2.75) is 52.2 Å². The molecular formula is C18H23NO2. The smallest absolute Gasteiger partial charge is 0.410 e. The average Bonchev–Trinajstić information content (AvgIpc) is 2.87. The Balaban J connectivity index is 2.26. The van der Waals surface area contributed by atoms with Gasteiger partial charge in [-0.15, -0.1) is 5.92 Å². The minimum Gasteiger partial charge on any atom is -0.444 e. The van der Waals surface area contributed by atoms with Gasteiger partial charge >= 0.3 is 6.09 Å². The molecule has 0 unspecified atom stereocenters. The molecule has 0 saturated carbocycles. The summed E-state index contributed by atoms with van der Waals surface area (Å²) in [5, 5.41) is 0. The van der Waals surface area contributed by atoms with Gasteiger partial charge in [-0.05, 0) is 52.2 Å². The van der Waals surface area contributed by atoms with Gasteiger partial charge in [0.1, 0.15) is 5.60 Å². The maximum absolute atomic E-state index is 12.4. The van der Waals surface area contributed by atoms with E-state index >= 15 is 0 Å². The van der Waals surface area contributed by atoms with Gasteiger partial charge in [0.05, 0.1) is 6.04 Å². The van der Waals surface area contributed by atoms with Crippen molar-refractivity contribution in [3.8, 4) is 11.8 Å². The van der Waals surface area contributed by atoms with Crippen molar-refractivity contribution in [1.29, 1.82) is 0 Å². The number of ether oxygens (including phenoxy) is 1. The zero-order chi connectivity index (χ0) is 15.5. The molecule has 1 aromatic carbocycles. The van der Waals surface area contributed by atoms with E-state index < -0.39 is 5.60 Å². The third kappa shape index (κ3) is 3.78. The molecular weight excluding hydrogens is 262 g/mol. The molecule has 21 heavy (non-hydrogen) atoms. The van der Waals surface area contributed by atoms with Crippen molar-refractivity contribution in [2.24, 2.45) is 0 Å². The van der Waals surface area contributed by atoms with E-state index in [-0.39, 0.29) is 12.1 Å². The molecule has 1 atom stereocenters. The van der Waals surface area contributed by atoms with Crippen LogP contribution in [0.2, 0.25) is 0 Å². The molecule has 1 fully saturated rings. The summed E-state index contributed by atoms with van der Waals surface area (Å²) in [4.78, 5) is 14.2. The molecule has 0 spiro atoms. The monoisotopic (exact) mass is 285 g/mol. The van der Waals surface area contributed by atoms with Crippen LogP contribution in [0.5, 0.6) is 0 Å². The highest BCUT2D eigenvalue weighted by atomic mass is 16.6. The van der Waals surface area contributed by atoms with E-state index in [1.165, 1.54) is 0 Å². The number of amides is 1. The topological polar surface area (TPSA) is 29.5 Å². The quantitative estimate of drug-likeness (QED) is 0.726. The minimum absolute atomic E-state index is 0.0666. The SMILES string of the molecule is CC#Cc1ccccc1[C@@H]1CCCN1C(=O)OC(C)(C)C. The summed E-state index contributed by atoms with van der Waals surface area (Å²) in [5.74, 6) is 6.08. The first-order valence-corrected chi connectivity index (χ1v) is 7.43. The summed E-state index contributed by atoms with van der Waals surface area (Å²) in [6.45, 7) is 8.26. The number of nitrogens with zero attached hydrogens (tertiary/aromatic N) is 1. The van der Waals surface area contributed by atoms with Crippen LogP contribution in [0.4, 0.5) is 4.79 Å². The number of rotatable bonds is 1. The molecule has 1 aliphatic rings. The van der Waals surface area contributed by atoms with Gasteiger partial charge in [0.15, 0.2) is 0 Å². The van der Waals surface area contributed by atoms with Crippen LogP contribution >= 0.6 is 0 Å². The van der Waals surface area contributed by atoms with E-state index in [1.807, 2.05) is 50.8 Å². The minimum atomic E-state index is -0.465. The fraction of sp³-hybridized carbons (Fsp3) is 0.500. The van der Waals surface area contributed by atoms with Crippen molar-refractivity contribution in [1.82, 2.24) is 4.90 Å². The molecule has 3 nitrogen and oxygen atoms in total. The lowest BCUT2D eigenvalue weighted by atomic mass is 9.99. The second-order valence-corrected chi connectivity index (χ2v) is 6.29. The van der Waals surface area contributed by atoms with Crippen LogP contribution in [0, 0.1) is 11.8 Å². The zero-order valence-electron chi connectivity index (χ0n) is 13.3. The first-order chi connectivity index (χ1) is 9.92. The second kappa shape index (κ2) is 6.22. The van der Waals surface area contributed by atoms with Gasteiger partial charge in [-0.1, -0.05) is 24.1 Å². The first-order valence-electron chi connectivity index (χ1n) is 7.43. The van der Waals surface area contributed by atoms with Crippen LogP contribution in [-0.4, -0.2) is 23.1 Å². The van der Waals surface area contributed by atoms with E-state index in [2.05, 4.69) is 17.9 Å². The average molecular weight is 285 g/mol. The Hall–Kier alpha value is -1.95. The zero-order valence-corrected chi connectivity index (χ0v) is 13.3. The number of hydrogen-bond donors (Lipinski definition) is 0. The predicted molar refractivity (Wildman–Crippen MR) is 83.9 cm³/mol. The Labute approximate surface area is 127 Å². The number of carbonyl (C=O) groups is 1. The van der Waals surface area contributed by atoms with E-state index in [4.69, 9.17) is 4.74 Å². The molecule has 1 heterocycles. The number of hydrogen-bond acceptors (Lipinski definition) is 2. The second-order valence-electron chi connectivity index (χ2n) is 6.29. The van der Waals surface area contributed by atoms with E-state index in [0.717, 1.165) is 30.5 Å². The van der Waals surface area contributed by atoms with E-state index in [1.54, 1.807) is 0 Å². The molecule has 0 bridgehead atoms. The van der Waals surface area contributed by atoms with Crippen molar-refractivity contribution in [3.63, 3.8) is 0 Å². The van der Waals surface area contributed by atoms with Crippen molar-refractivity contribution in [2.75, 3.05) is 6.54 Å². The van der Waals surface area contributed by atoms with Crippen molar-refractivity contribution >= 4 is 6.09 Å². The molecule has 3 heteroatoms. The maximum Gasteiger partial charge on any atom is 0.410 e. The van der Waals surface area contributed by atoms with Crippen LogP contribution in [0.25, 0.3) is 0 Å². The van der Waals surface area contributed by atoms with Crippen molar-refractivity contribution < 1.29 is 9.53 Å². The van der Waals surface area contributed by atoms with E-state index in [9.17, 15) is 4.79 Å². The van der Waals surface area contributed by atoms with Crippen LogP contribution in [0.1, 0.15) is 57.7 Å². The van der Waals surface area contributed by atoms with Gasteiger partial charge in [0, 0.05) is 12.1 Å². The third-order valence-corrected chi connectivity index (χ3v) is 3.46. The number of benzene rings is 1. The van der Waals surface area contributed by atoms with Gasteiger partial charge in [-0.2, -0.15) is 0 Å². The standard InChI is InChI=1S/C18H23NO2/c1-5-9-14-10-6-7-11-15(14)16-12-8-13-19(16)17(20)21-18(2,3)4/h6-7,10-11,16H,8,12-13H2,1-4H3/t16-/m0/s1. The lowest BCUT2D eigenvalue weighted by Gasteiger charge is -2.29. The molecule has 0 aliphatic carbocycles. The van der Waals surface area contributed by atoms with Gasteiger partial charge < -0.3 is 9.64 Å². The molecule has 0 radical (unpaired) electrons. The van der Waals surface area contributed by atoms with Crippen LogP contribution in [0.3, 0.4) is 0 Å². The molecule has 0 N–H and O–H groups in total. The summed E-state index contributed by atoms with van der Waals surface area (Å²) in [6.07, 6.45) is 1.73. The van der Waals surface area contributed by atoms with Gasteiger partial charge in [0.25, 0.3) is 0 Å². The molecule has 1 amide bonds. The summed E-state index contributed by atoms with van der Waals surface area (Å²) < 4.78 is 5.52. The molecule has 2 rings (SSSR count). The maximum atomic E-state index is 12.4. The Morgan fingerprint density at radius 2 is 2.05 bits per heavy atom. The van der Waals surface area contributed by atoms with Gasteiger partial charge in [0.2, 0.25) is 0 Å². The normalized spacial score (nSPS) is 18.1. The Kier molecular flexibility index (Phi) is 4.57. The molecule has 1 aliphatic heterocycles. The molecule has 1 saturated heterocycles. The molecule has 0 aromatic heterocycles. The fourth-order valence-electron chi connectivity index (χ4n) is 2.67. The largest absolute Gasteiger partial charge is 0.444 e. The van der Waals surface area contributed by atoms with Crippen LogP contribution in [-0.2, 0) is 4.74 Å². The van der Waals surface area contributed by atoms with E-state index in [0.29, 0.717) is 0 Å². The summed E-state index contributed by atoms with van der Waals surface area (Å²) in [6, 6.07) is 8.12. The Morgan fingerprint density at radius 1 is 1.33 bits per heavy atom. The lowest BCUT2D eigenvalue weighted by Crippen LogP contribution is -2.36. The highest BCUT2D eigenvalue weighted by Gasteiger charge is 2.33. The predicted octanol–water partition coefficient (Wildman–Crippen LogP) is 4.13. The highest BCUT2D eigenvalue weighted by Crippen LogP contribution is 2.34. The van der Waals surface area contributed by atoms with Gasteiger partial charge in [-0.25, -0.2) is 4.79 Å².